The molecular weight excluding hydrogens is 458 g/mol. The van der Waals surface area contributed by atoms with Gasteiger partial charge >= 0.3 is 0 Å². The predicted octanol–water partition coefficient (Wildman–Crippen LogP) is 4.08. The molecule has 2 amide bonds. The molecule has 1 saturated heterocycles. The minimum atomic E-state index is -0.282. The van der Waals surface area contributed by atoms with Gasteiger partial charge in [-0.3, -0.25) is 15.0 Å². The summed E-state index contributed by atoms with van der Waals surface area (Å²) in [4.78, 5) is 30.4. The number of hydrazone groups is 1. The van der Waals surface area contributed by atoms with Gasteiger partial charge in [-0.2, -0.15) is 5.10 Å². The molecular formula is C27H33N5O2S. The van der Waals surface area contributed by atoms with E-state index >= 15 is 0 Å². The smallest absolute Gasteiger partial charge is 0.234 e. The van der Waals surface area contributed by atoms with Gasteiger partial charge in [0, 0.05) is 18.3 Å². The number of hydrogen-bond acceptors (Lipinski definition) is 6. The number of benzene rings is 2. The monoisotopic (exact) mass is 491 g/mol. The van der Waals surface area contributed by atoms with Crippen LogP contribution in [0.1, 0.15) is 42.4 Å². The Labute approximate surface area is 211 Å². The molecule has 1 aliphatic carbocycles. The molecule has 3 atom stereocenters. The lowest BCUT2D eigenvalue weighted by atomic mass is 9.81. The number of thioether (sulfide) groups is 1. The van der Waals surface area contributed by atoms with Crippen LogP contribution in [0.5, 0.6) is 0 Å². The van der Waals surface area contributed by atoms with Gasteiger partial charge in [0.2, 0.25) is 11.8 Å². The lowest BCUT2D eigenvalue weighted by Gasteiger charge is -2.50. The molecule has 184 valence electrons. The molecule has 0 spiro atoms. The molecule has 2 fully saturated rings. The van der Waals surface area contributed by atoms with Crippen LogP contribution in [0.25, 0.3) is 0 Å². The summed E-state index contributed by atoms with van der Waals surface area (Å²) < 4.78 is 0. The number of amides is 2. The van der Waals surface area contributed by atoms with Crippen molar-refractivity contribution in [2.45, 2.75) is 58.3 Å². The maximum atomic E-state index is 13.5. The van der Waals surface area contributed by atoms with Gasteiger partial charge in [0.1, 0.15) is 0 Å². The van der Waals surface area contributed by atoms with E-state index in [0.29, 0.717) is 6.54 Å². The number of aryl methyl sites for hydroxylation is 2. The summed E-state index contributed by atoms with van der Waals surface area (Å²) >= 11 is 1.44. The first-order chi connectivity index (χ1) is 17.0. The molecule has 1 saturated carbocycles. The molecule has 2 aromatic rings. The summed E-state index contributed by atoms with van der Waals surface area (Å²) in [5.74, 6) is 0.436. The predicted molar refractivity (Wildman–Crippen MR) is 141 cm³/mol. The number of anilines is 1. The first-order valence-corrected chi connectivity index (χ1v) is 13.4. The molecule has 8 heteroatoms. The Balaban J connectivity index is 1.27. The average molecular weight is 492 g/mol. The van der Waals surface area contributed by atoms with E-state index in [1.54, 1.807) is 0 Å². The fourth-order valence-corrected chi connectivity index (χ4v) is 6.39. The van der Waals surface area contributed by atoms with Crippen LogP contribution in [0.3, 0.4) is 0 Å². The maximum Gasteiger partial charge on any atom is 0.234 e. The van der Waals surface area contributed by atoms with Gasteiger partial charge < -0.3 is 15.1 Å². The normalized spacial score (nSPS) is 23.3. The minimum absolute atomic E-state index is 0.00873. The Morgan fingerprint density at radius 1 is 1.11 bits per heavy atom. The third kappa shape index (κ3) is 5.17. The Bertz CT molecular complexity index is 1100. The number of hydrogen-bond donors (Lipinski definition) is 2. The third-order valence-electron chi connectivity index (χ3n) is 7.06. The Morgan fingerprint density at radius 3 is 2.63 bits per heavy atom. The second-order valence-corrected chi connectivity index (χ2v) is 10.7. The molecule has 2 heterocycles. The zero-order chi connectivity index (χ0) is 24.4. The van der Waals surface area contributed by atoms with Crippen molar-refractivity contribution in [3.05, 3.63) is 65.2 Å². The van der Waals surface area contributed by atoms with Crippen molar-refractivity contribution in [1.82, 2.24) is 15.2 Å². The molecule has 2 N–H and O–H groups in total. The molecule has 0 bridgehead atoms. The molecule has 3 unspecified atom stereocenters. The Hall–Kier alpha value is -3.00. The summed E-state index contributed by atoms with van der Waals surface area (Å²) in [5.41, 5.74) is 7.49. The van der Waals surface area contributed by atoms with Crippen molar-refractivity contribution in [3.8, 4) is 0 Å². The van der Waals surface area contributed by atoms with E-state index in [1.807, 2.05) is 49.1 Å². The van der Waals surface area contributed by atoms with Crippen molar-refractivity contribution in [2.75, 3.05) is 17.6 Å². The number of carbonyl (C=O) groups excluding carboxylic acids is 2. The van der Waals surface area contributed by atoms with E-state index in [4.69, 9.17) is 0 Å². The molecule has 3 aliphatic rings. The van der Waals surface area contributed by atoms with Crippen LogP contribution in [-0.2, 0) is 16.0 Å². The third-order valence-corrected chi connectivity index (χ3v) is 8.03. The van der Waals surface area contributed by atoms with Crippen molar-refractivity contribution in [1.29, 1.82) is 0 Å². The molecule has 2 aliphatic heterocycles. The van der Waals surface area contributed by atoms with Gasteiger partial charge in [0.15, 0.2) is 11.5 Å². The second-order valence-electron chi connectivity index (χ2n) is 9.74. The number of nitrogens with zero attached hydrogens (tertiary/aromatic N) is 3. The first kappa shape index (κ1) is 23.7. The van der Waals surface area contributed by atoms with Crippen LogP contribution in [0.2, 0.25) is 0 Å². The lowest BCUT2D eigenvalue weighted by Crippen LogP contribution is -2.67. The molecule has 7 nitrogen and oxygen atoms in total. The highest BCUT2D eigenvalue weighted by Crippen LogP contribution is 2.38. The SMILES string of the molecule is Cc1cc(C)cc(NC(=O)CSC2=NNC3N(CCc4ccccc4)C(=O)C4CCCCC4N23)c1. The zero-order valence-corrected chi connectivity index (χ0v) is 21.2. The number of fused-ring (bicyclic) bond motifs is 3. The molecule has 0 aromatic heterocycles. The van der Waals surface area contributed by atoms with Gasteiger partial charge in [-0.1, -0.05) is 61.0 Å². The van der Waals surface area contributed by atoms with E-state index in [0.717, 1.165) is 54.1 Å². The highest BCUT2D eigenvalue weighted by Gasteiger charge is 2.50. The van der Waals surface area contributed by atoms with Gasteiger partial charge in [-0.05, 0) is 61.9 Å². The van der Waals surface area contributed by atoms with Crippen LogP contribution < -0.4 is 10.7 Å². The molecule has 5 rings (SSSR count). The first-order valence-electron chi connectivity index (χ1n) is 12.5. The molecule has 35 heavy (non-hydrogen) atoms. The summed E-state index contributed by atoms with van der Waals surface area (Å²) in [7, 11) is 0. The standard InChI is InChI=1S/C27H33N5O2S/c1-18-14-19(2)16-21(15-18)28-24(33)17-35-27-30-29-26-31(13-12-20-8-4-3-5-9-20)25(34)22-10-6-7-11-23(22)32(26)27/h3-5,8-9,14-16,22-23,26,29H,6-7,10-13,17H2,1-2H3,(H,28,33). The van der Waals surface area contributed by atoms with Crippen LogP contribution in [-0.4, -0.2) is 51.4 Å². The van der Waals surface area contributed by atoms with Gasteiger partial charge in [-0.25, -0.2) is 0 Å². The number of carbonyl (C=O) groups is 2. The van der Waals surface area contributed by atoms with Crippen LogP contribution in [0.4, 0.5) is 5.69 Å². The molecule has 2 aromatic carbocycles. The average Bonchev–Trinajstić information content (AvgIpc) is 3.27. The number of rotatable bonds is 6. The van der Waals surface area contributed by atoms with E-state index in [2.05, 4.69) is 38.9 Å². The summed E-state index contributed by atoms with van der Waals surface area (Å²) in [6.45, 7) is 4.69. The second kappa shape index (κ2) is 10.3. The van der Waals surface area contributed by atoms with Crippen molar-refractivity contribution >= 4 is 34.4 Å². The fraction of sp³-hybridized carbons (Fsp3) is 0.444. The van der Waals surface area contributed by atoms with Crippen molar-refractivity contribution in [3.63, 3.8) is 0 Å². The van der Waals surface area contributed by atoms with E-state index in [1.165, 1.54) is 17.3 Å². The number of nitrogens with one attached hydrogen (secondary N) is 2. The van der Waals surface area contributed by atoms with Gasteiger partial charge in [0.25, 0.3) is 0 Å². The summed E-state index contributed by atoms with van der Waals surface area (Å²) in [6.07, 6.45) is 4.62. The van der Waals surface area contributed by atoms with Gasteiger partial charge in [0.05, 0.1) is 11.7 Å². The quantitative estimate of drug-likeness (QED) is 0.637. The zero-order valence-electron chi connectivity index (χ0n) is 20.4. The van der Waals surface area contributed by atoms with Crippen LogP contribution >= 0.6 is 11.8 Å². The van der Waals surface area contributed by atoms with E-state index in [9.17, 15) is 9.59 Å². The molecule has 0 radical (unpaired) electrons. The Kier molecular flexibility index (Phi) is 7.00. The van der Waals surface area contributed by atoms with E-state index in [-0.39, 0.29) is 35.8 Å². The summed E-state index contributed by atoms with van der Waals surface area (Å²) in [5, 5.41) is 8.42. The van der Waals surface area contributed by atoms with Gasteiger partial charge in [-0.15, -0.1) is 0 Å². The van der Waals surface area contributed by atoms with Crippen molar-refractivity contribution in [2.24, 2.45) is 11.0 Å². The fourth-order valence-electron chi connectivity index (χ4n) is 5.55. The maximum absolute atomic E-state index is 13.5. The summed E-state index contributed by atoms with van der Waals surface area (Å²) in [6, 6.07) is 16.5. The minimum Gasteiger partial charge on any atom is -0.325 e. The topological polar surface area (TPSA) is 77.0 Å². The number of amidine groups is 1. The van der Waals surface area contributed by atoms with Crippen LogP contribution in [0.15, 0.2) is 53.6 Å². The Morgan fingerprint density at radius 2 is 1.86 bits per heavy atom. The largest absolute Gasteiger partial charge is 0.325 e. The van der Waals surface area contributed by atoms with Crippen molar-refractivity contribution < 1.29 is 9.59 Å². The van der Waals surface area contributed by atoms with E-state index < -0.39 is 0 Å². The highest BCUT2D eigenvalue weighted by molar-refractivity contribution is 8.14. The van der Waals surface area contributed by atoms with Crippen LogP contribution in [0, 0.1) is 19.8 Å². The highest BCUT2D eigenvalue weighted by atomic mass is 32.2. The lowest BCUT2D eigenvalue weighted by molar-refractivity contribution is -0.155.